The molecule has 188 valence electrons. The smallest absolute Gasteiger partial charge is 0.0456 e. The molecular formula is C34H32N4. The van der Waals surface area contributed by atoms with E-state index in [0.717, 1.165) is 22.8 Å². The molecule has 4 heteroatoms. The zero-order valence-corrected chi connectivity index (χ0v) is 22.2. The van der Waals surface area contributed by atoms with Crippen molar-refractivity contribution in [2.75, 3.05) is 0 Å². The van der Waals surface area contributed by atoms with Crippen molar-refractivity contribution in [1.82, 2.24) is 19.9 Å². The van der Waals surface area contributed by atoms with Crippen LogP contribution in [0.15, 0.2) is 97.1 Å². The second-order valence-electron chi connectivity index (χ2n) is 11.6. The van der Waals surface area contributed by atoms with E-state index in [-0.39, 0.29) is 10.8 Å². The molecule has 0 aliphatic carbocycles. The zero-order valence-electron chi connectivity index (χ0n) is 22.2. The Morgan fingerprint density at radius 2 is 0.632 bits per heavy atom. The van der Waals surface area contributed by atoms with Gasteiger partial charge in [-0.2, -0.15) is 0 Å². The van der Waals surface area contributed by atoms with Gasteiger partial charge in [-0.1, -0.05) is 36.4 Å². The Balaban J connectivity index is 1.43. The Hall–Kier alpha value is -4.44. The maximum Gasteiger partial charge on any atom is 0.0456 e. The monoisotopic (exact) mass is 496 g/mol. The summed E-state index contributed by atoms with van der Waals surface area (Å²) in [6.45, 7) is 9.05. The topological polar surface area (TPSA) is 63.2 Å². The van der Waals surface area contributed by atoms with E-state index < -0.39 is 0 Å². The third-order valence-electron chi connectivity index (χ3n) is 8.41. The SMILES string of the molecule is CC1(C)c2ccc([nH]2)-c2cccc(c2)-c2ccc([nH]2)C(C)(C)c2ccc([nH]2)-c2cccc(c2)-c2ccc1[nH]2. The molecule has 1 aliphatic heterocycles. The van der Waals surface area contributed by atoms with Gasteiger partial charge in [0.2, 0.25) is 0 Å². The van der Waals surface area contributed by atoms with Gasteiger partial charge in [-0.3, -0.25) is 0 Å². The van der Waals surface area contributed by atoms with Crippen molar-refractivity contribution in [3.63, 3.8) is 0 Å². The van der Waals surface area contributed by atoms with Crippen LogP contribution in [-0.2, 0) is 10.8 Å². The van der Waals surface area contributed by atoms with Crippen LogP contribution in [-0.4, -0.2) is 19.9 Å². The highest BCUT2D eigenvalue weighted by atomic mass is 14.8. The molecule has 1 aliphatic rings. The number of aromatic amines is 4. The largest absolute Gasteiger partial charge is 0.358 e. The second kappa shape index (κ2) is 8.03. The molecule has 0 spiro atoms. The highest BCUT2D eigenvalue weighted by Gasteiger charge is 2.28. The Morgan fingerprint density at radius 1 is 0.368 bits per heavy atom. The summed E-state index contributed by atoms with van der Waals surface area (Å²) >= 11 is 0. The van der Waals surface area contributed by atoms with E-state index in [1.807, 2.05) is 0 Å². The molecule has 0 saturated carbocycles. The molecule has 38 heavy (non-hydrogen) atoms. The van der Waals surface area contributed by atoms with E-state index in [1.54, 1.807) is 0 Å². The van der Waals surface area contributed by atoms with E-state index in [0.29, 0.717) is 0 Å². The molecule has 4 N–H and O–H groups in total. The first-order chi connectivity index (χ1) is 18.3. The van der Waals surface area contributed by atoms with Crippen LogP contribution in [0.2, 0.25) is 0 Å². The second-order valence-corrected chi connectivity index (χ2v) is 11.6. The van der Waals surface area contributed by atoms with Crippen molar-refractivity contribution < 1.29 is 0 Å². The van der Waals surface area contributed by atoms with Crippen LogP contribution in [0.4, 0.5) is 0 Å². The number of benzene rings is 2. The van der Waals surface area contributed by atoms with E-state index >= 15 is 0 Å². The van der Waals surface area contributed by atoms with Gasteiger partial charge < -0.3 is 19.9 Å². The van der Waals surface area contributed by atoms with E-state index in [4.69, 9.17) is 0 Å². The van der Waals surface area contributed by atoms with Crippen LogP contribution in [0.3, 0.4) is 0 Å². The minimum atomic E-state index is -0.207. The summed E-state index contributed by atoms with van der Waals surface area (Å²) in [5.74, 6) is 0. The van der Waals surface area contributed by atoms with Crippen molar-refractivity contribution >= 4 is 0 Å². The van der Waals surface area contributed by atoms with Gasteiger partial charge in [0.1, 0.15) is 0 Å². The minimum Gasteiger partial charge on any atom is -0.358 e. The maximum absolute atomic E-state index is 3.72. The lowest BCUT2D eigenvalue weighted by molar-refractivity contribution is 0.604. The average Bonchev–Trinajstić information content (AvgIpc) is 3.75. The molecule has 4 aromatic heterocycles. The van der Waals surface area contributed by atoms with Crippen molar-refractivity contribution in [2.45, 2.75) is 38.5 Å². The van der Waals surface area contributed by atoms with Crippen molar-refractivity contribution in [3.05, 3.63) is 120 Å². The highest BCUT2D eigenvalue weighted by Crippen LogP contribution is 2.37. The number of nitrogens with one attached hydrogen (secondary N) is 4. The molecule has 0 radical (unpaired) electrons. The number of hydrogen-bond acceptors (Lipinski definition) is 0. The summed E-state index contributed by atoms with van der Waals surface area (Å²) < 4.78 is 0. The molecular weight excluding hydrogens is 464 g/mol. The van der Waals surface area contributed by atoms with Crippen LogP contribution in [0.25, 0.3) is 45.0 Å². The average molecular weight is 497 g/mol. The lowest BCUT2D eigenvalue weighted by Gasteiger charge is -2.23. The lowest BCUT2D eigenvalue weighted by Crippen LogP contribution is -2.20. The fourth-order valence-electron chi connectivity index (χ4n) is 5.71. The minimum absolute atomic E-state index is 0.207. The number of fused-ring (bicyclic) bond motifs is 16. The first kappa shape index (κ1) is 22.7. The molecule has 0 fully saturated rings. The summed E-state index contributed by atoms with van der Waals surface area (Å²) in [5.41, 5.74) is 13.5. The summed E-state index contributed by atoms with van der Waals surface area (Å²) in [6, 6.07) is 35.1. The van der Waals surface area contributed by atoms with Crippen molar-refractivity contribution in [2.24, 2.45) is 0 Å². The lowest BCUT2D eigenvalue weighted by atomic mass is 9.86. The van der Waals surface area contributed by atoms with E-state index in [9.17, 15) is 0 Å². The van der Waals surface area contributed by atoms with Crippen molar-refractivity contribution in [1.29, 1.82) is 0 Å². The van der Waals surface area contributed by atoms with Crippen LogP contribution < -0.4 is 0 Å². The standard InChI is InChI=1S/C34H32N4/c1-33(2)29-15-11-25(35-29)21-7-5-9-23(19-21)27-13-17-31(37-27)34(3,4)32-18-14-28(38-32)24-10-6-8-22(20-24)26-12-16-30(33)36-26/h5-20,35-38H,1-4H3. The number of hydrogen-bond donors (Lipinski definition) is 4. The third kappa shape index (κ3) is 3.52. The predicted octanol–water partition coefficient (Wildman–Crippen LogP) is 8.63. The molecule has 0 saturated heterocycles. The molecule has 12 bridgehead atoms. The third-order valence-corrected chi connectivity index (χ3v) is 8.41. The van der Waals surface area contributed by atoms with Gasteiger partial charge in [-0.25, -0.2) is 0 Å². The van der Waals surface area contributed by atoms with Gasteiger partial charge in [0.25, 0.3) is 0 Å². The van der Waals surface area contributed by atoms with Gasteiger partial charge in [-0.15, -0.1) is 0 Å². The molecule has 2 aromatic carbocycles. The molecule has 0 unspecified atom stereocenters. The van der Waals surface area contributed by atoms with Gasteiger partial charge in [0.05, 0.1) is 0 Å². The molecule has 4 nitrogen and oxygen atoms in total. The highest BCUT2D eigenvalue weighted by molar-refractivity contribution is 5.72. The first-order valence-electron chi connectivity index (χ1n) is 13.3. The molecule has 0 atom stereocenters. The number of H-pyrrole nitrogens is 4. The molecule has 6 aromatic rings. The maximum atomic E-state index is 3.72. The fourth-order valence-corrected chi connectivity index (χ4v) is 5.71. The predicted molar refractivity (Wildman–Crippen MR) is 156 cm³/mol. The van der Waals surface area contributed by atoms with E-state index in [2.05, 4.69) is 145 Å². The summed E-state index contributed by atoms with van der Waals surface area (Å²) in [4.78, 5) is 14.9. The Kier molecular flexibility index (Phi) is 4.80. The quantitative estimate of drug-likeness (QED) is 0.163. The van der Waals surface area contributed by atoms with E-state index in [1.165, 1.54) is 45.0 Å². The van der Waals surface area contributed by atoms with Gasteiger partial charge >= 0.3 is 0 Å². The summed E-state index contributed by atoms with van der Waals surface area (Å²) in [5, 5.41) is 0. The van der Waals surface area contributed by atoms with Gasteiger partial charge in [0, 0.05) is 56.4 Å². The zero-order chi connectivity index (χ0) is 26.1. The molecule has 7 rings (SSSR count). The van der Waals surface area contributed by atoms with Crippen LogP contribution in [0.5, 0.6) is 0 Å². The molecule has 0 amide bonds. The normalized spacial score (nSPS) is 15.3. The van der Waals surface area contributed by atoms with Crippen LogP contribution >= 0.6 is 0 Å². The van der Waals surface area contributed by atoms with Crippen LogP contribution in [0.1, 0.15) is 50.5 Å². The Labute approximate surface area is 223 Å². The number of rotatable bonds is 0. The van der Waals surface area contributed by atoms with Gasteiger partial charge in [-0.05, 0) is 111 Å². The number of aromatic nitrogens is 4. The Morgan fingerprint density at radius 3 is 0.895 bits per heavy atom. The first-order valence-corrected chi connectivity index (χ1v) is 13.3. The van der Waals surface area contributed by atoms with Crippen molar-refractivity contribution in [3.8, 4) is 45.0 Å². The van der Waals surface area contributed by atoms with Crippen LogP contribution in [0, 0.1) is 0 Å². The molecule has 5 heterocycles. The van der Waals surface area contributed by atoms with Gasteiger partial charge in [0.15, 0.2) is 0 Å². The Bertz CT molecular complexity index is 1530. The summed E-state index contributed by atoms with van der Waals surface area (Å²) in [6.07, 6.45) is 0. The summed E-state index contributed by atoms with van der Waals surface area (Å²) in [7, 11) is 0. The fraction of sp³-hybridized carbons (Fsp3) is 0.176.